The fourth-order valence-electron chi connectivity index (χ4n) is 4.30. The van der Waals surface area contributed by atoms with Gasteiger partial charge < -0.3 is 15.4 Å². The Balaban J connectivity index is 1.62. The molecule has 3 unspecified atom stereocenters. The van der Waals surface area contributed by atoms with Crippen molar-refractivity contribution in [3.05, 3.63) is 29.3 Å². The van der Waals surface area contributed by atoms with Crippen molar-refractivity contribution in [3.63, 3.8) is 0 Å². The van der Waals surface area contributed by atoms with Crippen molar-refractivity contribution in [3.8, 4) is 6.07 Å². The average Bonchev–Trinajstić information content (AvgIpc) is 3.24. The van der Waals surface area contributed by atoms with Crippen LogP contribution in [0, 0.1) is 17.2 Å². The minimum Gasteiger partial charge on any atom is -0.379 e. The number of carbonyl (C=O) groups excluding carboxylic acids is 1. The molecular formula is C18H22ClN5O2. The maximum Gasteiger partial charge on any atom is 0.228 e. The summed E-state index contributed by atoms with van der Waals surface area (Å²) in [5.74, 6) is -0.204. The van der Waals surface area contributed by atoms with Gasteiger partial charge in [-0.1, -0.05) is 11.6 Å². The molecule has 4 atom stereocenters. The van der Waals surface area contributed by atoms with Crippen molar-refractivity contribution < 1.29 is 9.53 Å². The van der Waals surface area contributed by atoms with Crippen LogP contribution in [0.5, 0.6) is 0 Å². The van der Waals surface area contributed by atoms with Crippen LogP contribution in [0.3, 0.4) is 0 Å². The molecule has 4 rings (SSSR count). The SMILES string of the molecule is N#CC[C@]1(N2NC(Nc3ccc(Cl)cc3)C3C(=O)NCCC32)CCOC1. The monoisotopic (exact) mass is 375 g/mol. The zero-order valence-corrected chi connectivity index (χ0v) is 15.1. The maximum atomic E-state index is 12.6. The van der Waals surface area contributed by atoms with Crippen LogP contribution in [-0.2, 0) is 9.53 Å². The van der Waals surface area contributed by atoms with Gasteiger partial charge in [0.1, 0.15) is 6.17 Å². The van der Waals surface area contributed by atoms with Gasteiger partial charge in [-0.3, -0.25) is 4.79 Å². The first kappa shape index (κ1) is 17.6. The van der Waals surface area contributed by atoms with E-state index in [-0.39, 0.29) is 29.6 Å². The second kappa shape index (κ2) is 7.05. The van der Waals surface area contributed by atoms with Gasteiger partial charge in [0.25, 0.3) is 0 Å². The Hall–Kier alpha value is -1.85. The van der Waals surface area contributed by atoms with Crippen LogP contribution in [0.25, 0.3) is 0 Å². The lowest BCUT2D eigenvalue weighted by atomic mass is 9.86. The van der Waals surface area contributed by atoms with E-state index < -0.39 is 0 Å². The summed E-state index contributed by atoms with van der Waals surface area (Å²) >= 11 is 5.96. The molecule has 3 N–H and O–H groups in total. The fraction of sp³-hybridized carbons (Fsp3) is 0.556. The summed E-state index contributed by atoms with van der Waals surface area (Å²) in [7, 11) is 0. The molecule has 1 aromatic carbocycles. The van der Waals surface area contributed by atoms with Crippen molar-refractivity contribution in [2.45, 2.75) is 37.0 Å². The molecule has 0 bridgehead atoms. The van der Waals surface area contributed by atoms with E-state index in [0.717, 1.165) is 18.5 Å². The van der Waals surface area contributed by atoms with Gasteiger partial charge >= 0.3 is 0 Å². The molecule has 0 saturated carbocycles. The van der Waals surface area contributed by atoms with Crippen LogP contribution in [0.4, 0.5) is 5.69 Å². The first-order valence-corrected chi connectivity index (χ1v) is 9.31. The predicted octanol–water partition coefficient (Wildman–Crippen LogP) is 1.48. The number of carbonyl (C=O) groups is 1. The number of ether oxygens (including phenoxy) is 1. The number of benzene rings is 1. The molecule has 0 aliphatic carbocycles. The summed E-state index contributed by atoms with van der Waals surface area (Å²) < 4.78 is 5.63. The van der Waals surface area contributed by atoms with Gasteiger partial charge in [0.15, 0.2) is 0 Å². The Labute approximate surface area is 157 Å². The zero-order chi connectivity index (χ0) is 18.1. The third kappa shape index (κ3) is 3.03. The van der Waals surface area contributed by atoms with Gasteiger partial charge in [-0.05, 0) is 37.1 Å². The number of hydrogen-bond acceptors (Lipinski definition) is 6. The van der Waals surface area contributed by atoms with Gasteiger partial charge in [-0.25, -0.2) is 10.4 Å². The van der Waals surface area contributed by atoms with E-state index in [1.165, 1.54) is 0 Å². The lowest BCUT2D eigenvalue weighted by Crippen LogP contribution is -2.59. The topological polar surface area (TPSA) is 89.4 Å². The highest BCUT2D eigenvalue weighted by Crippen LogP contribution is 2.38. The smallest absolute Gasteiger partial charge is 0.228 e. The predicted molar refractivity (Wildman–Crippen MR) is 97.1 cm³/mol. The first-order valence-electron chi connectivity index (χ1n) is 8.93. The highest BCUT2D eigenvalue weighted by molar-refractivity contribution is 6.30. The fourth-order valence-corrected chi connectivity index (χ4v) is 4.43. The van der Waals surface area contributed by atoms with Gasteiger partial charge in [-0.2, -0.15) is 5.26 Å². The van der Waals surface area contributed by atoms with Crippen molar-refractivity contribution in [2.75, 3.05) is 25.1 Å². The largest absolute Gasteiger partial charge is 0.379 e. The number of nitrogens with zero attached hydrogens (tertiary/aromatic N) is 2. The molecule has 3 saturated heterocycles. The second-order valence-corrected chi connectivity index (χ2v) is 7.60. The number of nitriles is 1. The van der Waals surface area contributed by atoms with E-state index in [1.54, 1.807) is 0 Å². The molecule has 0 spiro atoms. The molecule has 1 amide bonds. The molecule has 3 aliphatic rings. The van der Waals surface area contributed by atoms with E-state index in [0.29, 0.717) is 31.2 Å². The normalized spacial score (nSPS) is 34.2. The molecule has 3 aliphatic heterocycles. The lowest BCUT2D eigenvalue weighted by molar-refractivity contribution is -0.128. The van der Waals surface area contributed by atoms with E-state index >= 15 is 0 Å². The molecule has 3 fully saturated rings. The maximum absolute atomic E-state index is 12.6. The molecular weight excluding hydrogens is 354 g/mol. The van der Waals surface area contributed by atoms with Crippen LogP contribution in [0.1, 0.15) is 19.3 Å². The molecule has 3 heterocycles. The van der Waals surface area contributed by atoms with Crippen molar-refractivity contribution in [2.24, 2.45) is 5.92 Å². The van der Waals surface area contributed by atoms with Gasteiger partial charge in [0.05, 0.1) is 30.6 Å². The number of nitrogens with one attached hydrogen (secondary N) is 3. The van der Waals surface area contributed by atoms with Crippen LogP contribution in [0.15, 0.2) is 24.3 Å². The quantitative estimate of drug-likeness (QED) is 0.738. The molecule has 1 aromatic rings. The Morgan fingerprint density at radius 2 is 2.23 bits per heavy atom. The summed E-state index contributed by atoms with van der Waals surface area (Å²) in [6.07, 6.45) is 1.75. The summed E-state index contributed by atoms with van der Waals surface area (Å²) in [6, 6.07) is 9.76. The Kier molecular flexibility index (Phi) is 4.76. The van der Waals surface area contributed by atoms with Crippen LogP contribution in [-0.4, -0.2) is 48.4 Å². The molecule has 0 aromatic heterocycles. The summed E-state index contributed by atoms with van der Waals surface area (Å²) in [5, 5.41) is 18.6. The van der Waals surface area contributed by atoms with E-state index in [2.05, 4.69) is 27.1 Å². The molecule has 0 radical (unpaired) electrons. The van der Waals surface area contributed by atoms with E-state index in [4.69, 9.17) is 16.3 Å². The van der Waals surface area contributed by atoms with Crippen LogP contribution in [0.2, 0.25) is 5.02 Å². The third-order valence-electron chi connectivity index (χ3n) is 5.59. The zero-order valence-electron chi connectivity index (χ0n) is 14.4. The van der Waals surface area contributed by atoms with E-state index in [9.17, 15) is 10.1 Å². The lowest BCUT2D eigenvalue weighted by Gasteiger charge is -2.41. The van der Waals surface area contributed by atoms with Crippen molar-refractivity contribution >= 4 is 23.2 Å². The highest BCUT2D eigenvalue weighted by atomic mass is 35.5. The number of hydrogen-bond donors (Lipinski definition) is 3. The minimum atomic E-state index is -0.383. The number of amides is 1. The number of piperidine rings is 1. The van der Waals surface area contributed by atoms with Gasteiger partial charge in [0, 0.05) is 29.9 Å². The average molecular weight is 376 g/mol. The Morgan fingerprint density at radius 3 is 2.92 bits per heavy atom. The van der Waals surface area contributed by atoms with Crippen molar-refractivity contribution in [1.82, 2.24) is 15.8 Å². The standard InChI is InChI=1S/C18H22ClN5O2/c19-12-1-3-13(4-2-12)22-16-15-14(5-9-21-17(15)25)24(23-16)18(6-8-20)7-10-26-11-18/h1-4,14-16,22-23H,5-7,9-11H2,(H,21,25)/t14?,15?,16?,18-/m0/s1. The first-order chi connectivity index (χ1) is 12.6. The second-order valence-electron chi connectivity index (χ2n) is 7.16. The van der Waals surface area contributed by atoms with Crippen LogP contribution < -0.4 is 16.1 Å². The van der Waals surface area contributed by atoms with Gasteiger partial charge in [0.2, 0.25) is 5.91 Å². The summed E-state index contributed by atoms with van der Waals surface area (Å²) in [4.78, 5) is 12.6. The number of fused-ring (bicyclic) bond motifs is 1. The molecule has 138 valence electrons. The minimum absolute atomic E-state index is 0.0311. The van der Waals surface area contributed by atoms with Crippen LogP contribution >= 0.6 is 11.6 Å². The summed E-state index contributed by atoms with van der Waals surface area (Å²) in [5.41, 5.74) is 4.00. The van der Waals surface area contributed by atoms with Crippen molar-refractivity contribution in [1.29, 1.82) is 5.26 Å². The Morgan fingerprint density at radius 1 is 1.42 bits per heavy atom. The number of rotatable bonds is 4. The van der Waals surface area contributed by atoms with E-state index in [1.807, 2.05) is 24.3 Å². The number of anilines is 1. The molecule has 26 heavy (non-hydrogen) atoms. The molecule has 8 heteroatoms. The number of halogens is 1. The van der Waals surface area contributed by atoms with Gasteiger partial charge in [-0.15, -0.1) is 0 Å². The summed E-state index contributed by atoms with van der Waals surface area (Å²) in [6.45, 7) is 1.79. The highest BCUT2D eigenvalue weighted by Gasteiger charge is 2.55. The third-order valence-corrected chi connectivity index (χ3v) is 5.85. The number of hydrazine groups is 1. The molecule has 7 nitrogen and oxygen atoms in total. The Bertz CT molecular complexity index is 713.